The molecule has 0 radical (unpaired) electrons. The van der Waals surface area contributed by atoms with Crippen LogP contribution in [0.25, 0.3) is 0 Å². The fourth-order valence-corrected chi connectivity index (χ4v) is 2.15. The fourth-order valence-electron chi connectivity index (χ4n) is 1.61. The Morgan fingerprint density at radius 2 is 1.83 bits per heavy atom. The van der Waals surface area contributed by atoms with E-state index in [0.29, 0.717) is 0 Å². The van der Waals surface area contributed by atoms with Crippen LogP contribution in [0, 0.1) is 0 Å². The minimum absolute atomic E-state index is 0.0229. The molecule has 0 saturated carbocycles. The average Bonchev–Trinajstić information content (AvgIpc) is 2.38. The van der Waals surface area contributed by atoms with Crippen LogP contribution in [0.2, 0.25) is 0 Å². The molecule has 18 heavy (non-hydrogen) atoms. The molecule has 0 fully saturated rings. The van der Waals surface area contributed by atoms with Crippen LogP contribution in [-0.2, 0) is 0 Å². The molecule has 0 unspecified atom stereocenters. The van der Waals surface area contributed by atoms with E-state index >= 15 is 0 Å². The van der Waals surface area contributed by atoms with Crippen LogP contribution in [0.1, 0.15) is 29.6 Å². The smallest absolute Gasteiger partial charge is 0.251 e. The van der Waals surface area contributed by atoms with Crippen molar-refractivity contribution >= 4 is 34.2 Å². The number of anilines is 1. The summed E-state index contributed by atoms with van der Waals surface area (Å²) < 4.78 is 1.19. The second kappa shape index (κ2) is 8.34. The number of unbranched alkanes of at least 4 members (excludes halogenated alkanes) is 2. The van der Waals surface area contributed by atoms with Crippen molar-refractivity contribution in [2.45, 2.75) is 19.3 Å². The van der Waals surface area contributed by atoms with Crippen LogP contribution >= 0.6 is 22.6 Å². The van der Waals surface area contributed by atoms with E-state index in [0.717, 1.165) is 24.2 Å². The van der Waals surface area contributed by atoms with Crippen molar-refractivity contribution < 1.29 is 4.79 Å². The lowest BCUT2D eigenvalue weighted by Crippen LogP contribution is -2.24. The maximum Gasteiger partial charge on any atom is 0.251 e. The van der Waals surface area contributed by atoms with Crippen molar-refractivity contribution in [2.24, 2.45) is 0 Å². The molecule has 1 N–H and O–H groups in total. The topological polar surface area (TPSA) is 32.3 Å². The molecule has 1 aromatic carbocycles. The van der Waals surface area contributed by atoms with Crippen LogP contribution in [0.4, 0.5) is 5.69 Å². The Labute approximate surface area is 123 Å². The number of benzene rings is 1. The Morgan fingerprint density at radius 3 is 2.39 bits per heavy atom. The van der Waals surface area contributed by atoms with Crippen molar-refractivity contribution in [3.05, 3.63) is 29.8 Å². The fraction of sp³-hybridized carbons (Fsp3) is 0.500. The van der Waals surface area contributed by atoms with Crippen LogP contribution in [0.5, 0.6) is 0 Å². The van der Waals surface area contributed by atoms with Gasteiger partial charge >= 0.3 is 0 Å². The highest BCUT2D eigenvalue weighted by molar-refractivity contribution is 14.1. The monoisotopic (exact) mass is 360 g/mol. The number of alkyl halides is 1. The Balaban J connectivity index is 2.37. The lowest BCUT2D eigenvalue weighted by Gasteiger charge is -2.12. The molecule has 0 aliphatic rings. The minimum atomic E-state index is 0.0229. The zero-order valence-corrected chi connectivity index (χ0v) is 13.2. The molecule has 1 aromatic rings. The van der Waals surface area contributed by atoms with E-state index in [9.17, 15) is 4.79 Å². The second-order valence-electron chi connectivity index (χ2n) is 4.45. The summed E-state index contributed by atoms with van der Waals surface area (Å²) in [6.45, 7) is 0.769. The largest absolute Gasteiger partial charge is 0.378 e. The van der Waals surface area contributed by atoms with Crippen LogP contribution in [0.15, 0.2) is 24.3 Å². The zero-order chi connectivity index (χ0) is 13.4. The van der Waals surface area contributed by atoms with E-state index in [4.69, 9.17) is 0 Å². The molecule has 0 spiro atoms. The Bertz CT molecular complexity index is 363. The van der Waals surface area contributed by atoms with Crippen LogP contribution in [0.3, 0.4) is 0 Å². The predicted molar refractivity (Wildman–Crippen MR) is 85.8 cm³/mol. The van der Waals surface area contributed by atoms with E-state index in [-0.39, 0.29) is 5.91 Å². The highest BCUT2D eigenvalue weighted by atomic mass is 127. The number of carbonyl (C=O) groups is 1. The molecule has 1 rings (SSSR count). The van der Waals surface area contributed by atoms with Crippen molar-refractivity contribution in [2.75, 3.05) is 30.0 Å². The molecular weight excluding hydrogens is 339 g/mol. The molecule has 4 heteroatoms. The molecule has 0 heterocycles. The predicted octanol–water partition coefficient (Wildman–Crippen LogP) is 3.09. The van der Waals surface area contributed by atoms with Gasteiger partial charge in [-0.1, -0.05) is 29.0 Å². The first-order chi connectivity index (χ1) is 8.65. The van der Waals surface area contributed by atoms with Crippen molar-refractivity contribution in [1.82, 2.24) is 5.32 Å². The summed E-state index contributed by atoms with van der Waals surface area (Å²) in [4.78, 5) is 13.9. The molecule has 0 atom stereocenters. The minimum Gasteiger partial charge on any atom is -0.378 e. The highest BCUT2D eigenvalue weighted by Crippen LogP contribution is 2.12. The standard InChI is InChI=1S/C14H21IN2O/c1-17(2)13-8-6-12(7-9-13)14(18)16-11-5-3-4-10-15/h6-9H,3-5,10-11H2,1-2H3,(H,16,18). The van der Waals surface area contributed by atoms with E-state index in [1.54, 1.807) is 0 Å². The Hall–Kier alpha value is -0.780. The van der Waals surface area contributed by atoms with Gasteiger partial charge in [-0.25, -0.2) is 0 Å². The van der Waals surface area contributed by atoms with Gasteiger partial charge in [-0.3, -0.25) is 4.79 Å². The van der Waals surface area contributed by atoms with Crippen molar-refractivity contribution in [3.8, 4) is 0 Å². The number of nitrogens with zero attached hydrogens (tertiary/aromatic N) is 1. The Morgan fingerprint density at radius 1 is 1.17 bits per heavy atom. The molecule has 1 amide bonds. The Kier molecular flexibility index (Phi) is 7.08. The second-order valence-corrected chi connectivity index (χ2v) is 5.53. The number of nitrogens with one attached hydrogen (secondary N) is 1. The molecule has 100 valence electrons. The first-order valence-corrected chi connectivity index (χ1v) is 7.79. The van der Waals surface area contributed by atoms with Crippen molar-refractivity contribution in [3.63, 3.8) is 0 Å². The third-order valence-corrected chi connectivity index (χ3v) is 3.50. The van der Waals surface area contributed by atoms with Gasteiger partial charge in [-0.2, -0.15) is 0 Å². The first-order valence-electron chi connectivity index (χ1n) is 6.26. The summed E-state index contributed by atoms with van der Waals surface area (Å²) in [7, 11) is 3.98. The SMILES string of the molecule is CN(C)c1ccc(C(=O)NCCCCCI)cc1. The third-order valence-electron chi connectivity index (χ3n) is 2.74. The van der Waals surface area contributed by atoms with Gasteiger partial charge in [0.25, 0.3) is 5.91 Å². The van der Waals surface area contributed by atoms with Gasteiger partial charge in [0.1, 0.15) is 0 Å². The summed E-state index contributed by atoms with van der Waals surface area (Å²) in [5, 5.41) is 2.95. The van der Waals surface area contributed by atoms with Gasteiger partial charge < -0.3 is 10.2 Å². The molecule has 0 aliphatic carbocycles. The van der Waals surface area contributed by atoms with Gasteiger partial charge in [0.2, 0.25) is 0 Å². The number of hydrogen-bond acceptors (Lipinski definition) is 2. The zero-order valence-electron chi connectivity index (χ0n) is 11.1. The molecule has 0 aromatic heterocycles. The van der Waals surface area contributed by atoms with Gasteiger partial charge in [0.05, 0.1) is 0 Å². The maximum absolute atomic E-state index is 11.8. The summed E-state index contributed by atoms with van der Waals surface area (Å²) >= 11 is 2.38. The molecule has 0 aliphatic heterocycles. The number of hydrogen-bond donors (Lipinski definition) is 1. The number of halogens is 1. The van der Waals surface area contributed by atoms with E-state index in [2.05, 4.69) is 27.9 Å². The molecule has 3 nitrogen and oxygen atoms in total. The summed E-state index contributed by atoms with van der Waals surface area (Å²) in [5.74, 6) is 0.0229. The molecule has 0 saturated heterocycles. The number of carbonyl (C=O) groups excluding carboxylic acids is 1. The lowest BCUT2D eigenvalue weighted by molar-refractivity contribution is 0.0953. The average molecular weight is 360 g/mol. The quantitative estimate of drug-likeness (QED) is 0.461. The van der Waals surface area contributed by atoms with Gasteiger partial charge in [0, 0.05) is 31.9 Å². The van der Waals surface area contributed by atoms with Crippen molar-refractivity contribution in [1.29, 1.82) is 0 Å². The van der Waals surface area contributed by atoms with E-state index in [1.165, 1.54) is 17.3 Å². The maximum atomic E-state index is 11.8. The highest BCUT2D eigenvalue weighted by Gasteiger charge is 2.04. The molecular formula is C14H21IN2O. The van der Waals surface area contributed by atoms with E-state index < -0.39 is 0 Å². The first kappa shape index (κ1) is 15.3. The van der Waals surface area contributed by atoms with Crippen LogP contribution < -0.4 is 10.2 Å². The van der Waals surface area contributed by atoms with E-state index in [1.807, 2.05) is 43.3 Å². The van der Waals surface area contributed by atoms with Crippen LogP contribution in [-0.4, -0.2) is 31.0 Å². The summed E-state index contributed by atoms with van der Waals surface area (Å²) in [6.07, 6.45) is 3.47. The summed E-state index contributed by atoms with van der Waals surface area (Å²) in [6, 6.07) is 7.67. The number of rotatable bonds is 7. The lowest BCUT2D eigenvalue weighted by atomic mass is 10.2. The van der Waals surface area contributed by atoms with Gasteiger partial charge in [-0.15, -0.1) is 0 Å². The van der Waals surface area contributed by atoms with Gasteiger partial charge in [0.15, 0.2) is 0 Å². The molecule has 0 bridgehead atoms. The summed E-state index contributed by atoms with van der Waals surface area (Å²) in [5.41, 5.74) is 1.84. The third kappa shape index (κ3) is 5.25. The van der Waals surface area contributed by atoms with Gasteiger partial charge in [-0.05, 0) is 41.5 Å². The normalized spacial score (nSPS) is 10.2. The number of amides is 1.